The summed E-state index contributed by atoms with van der Waals surface area (Å²) in [6.07, 6.45) is -0.102. The van der Waals surface area contributed by atoms with Crippen molar-refractivity contribution in [3.05, 3.63) is 0 Å². The van der Waals surface area contributed by atoms with E-state index in [2.05, 4.69) is 0 Å². The average molecular weight is 235 g/mol. The second-order valence-corrected chi connectivity index (χ2v) is 5.45. The molecular weight excluding hydrogens is 216 g/mol. The smallest absolute Gasteiger partial charge is 0.306 e. The summed E-state index contributed by atoms with van der Waals surface area (Å²) < 4.78 is 31.1. The highest BCUT2D eigenvalue weighted by atomic mass is 19.3. The predicted molar refractivity (Wildman–Crippen MR) is 56.1 cm³/mol. The molecule has 0 aliphatic heterocycles. The summed E-state index contributed by atoms with van der Waals surface area (Å²) >= 11 is 0. The molecule has 1 fully saturated rings. The first kappa shape index (κ1) is 13.4. The quantitative estimate of drug-likeness (QED) is 0.759. The monoisotopic (exact) mass is 235 g/mol. The van der Waals surface area contributed by atoms with Crippen LogP contribution in [0, 0.1) is 5.41 Å². The lowest BCUT2D eigenvalue weighted by Gasteiger charge is -2.20. The number of hydrogen-bond acceptors (Lipinski definition) is 3. The minimum Gasteiger partial charge on any atom is -0.460 e. The lowest BCUT2D eigenvalue weighted by Crippen LogP contribution is -2.27. The summed E-state index contributed by atoms with van der Waals surface area (Å²) in [4.78, 5) is 11.4. The number of carbonyl (C=O) groups is 1. The minimum atomic E-state index is -2.70. The predicted octanol–water partition coefficient (Wildman–Crippen LogP) is 2.09. The summed E-state index contributed by atoms with van der Waals surface area (Å²) in [6, 6.07) is 0. The van der Waals surface area contributed by atoms with Crippen LogP contribution >= 0.6 is 0 Å². The first-order valence-electron chi connectivity index (χ1n) is 5.42. The van der Waals surface area contributed by atoms with E-state index in [-0.39, 0.29) is 25.8 Å². The molecule has 5 heteroatoms. The zero-order valence-corrected chi connectivity index (χ0v) is 9.98. The summed E-state index contributed by atoms with van der Waals surface area (Å²) in [6.45, 7) is 5.16. The molecule has 0 aromatic heterocycles. The third kappa shape index (κ3) is 2.90. The molecule has 0 bridgehead atoms. The number of halogens is 2. The zero-order valence-electron chi connectivity index (χ0n) is 9.98. The third-order valence-corrected chi connectivity index (χ3v) is 2.83. The van der Waals surface area contributed by atoms with Gasteiger partial charge < -0.3 is 10.5 Å². The van der Waals surface area contributed by atoms with Gasteiger partial charge in [-0.05, 0) is 27.2 Å². The molecule has 0 amide bonds. The zero-order chi connectivity index (χ0) is 12.6. The van der Waals surface area contributed by atoms with Crippen molar-refractivity contribution >= 4 is 5.97 Å². The Balaban J connectivity index is 2.39. The van der Waals surface area contributed by atoms with Crippen LogP contribution in [0.1, 0.15) is 40.0 Å². The van der Waals surface area contributed by atoms with Crippen LogP contribution in [-0.4, -0.2) is 24.0 Å². The van der Waals surface area contributed by atoms with Gasteiger partial charge in [0.25, 0.3) is 5.92 Å². The molecule has 0 saturated heterocycles. The van der Waals surface area contributed by atoms with Crippen LogP contribution in [-0.2, 0) is 9.53 Å². The maximum atomic E-state index is 13.0. The van der Waals surface area contributed by atoms with Crippen LogP contribution in [0.5, 0.6) is 0 Å². The van der Waals surface area contributed by atoms with Gasteiger partial charge >= 0.3 is 5.97 Å². The molecular formula is C11H19F2NO2. The van der Waals surface area contributed by atoms with Crippen molar-refractivity contribution in [2.24, 2.45) is 11.1 Å². The first-order valence-corrected chi connectivity index (χ1v) is 5.42. The van der Waals surface area contributed by atoms with Crippen molar-refractivity contribution < 1.29 is 18.3 Å². The number of alkyl halides is 2. The Labute approximate surface area is 94.3 Å². The molecule has 1 atom stereocenters. The van der Waals surface area contributed by atoms with Crippen molar-refractivity contribution in [3.8, 4) is 0 Å². The molecule has 0 aromatic rings. The van der Waals surface area contributed by atoms with Crippen molar-refractivity contribution in [2.45, 2.75) is 51.6 Å². The van der Waals surface area contributed by atoms with Crippen LogP contribution in [0.4, 0.5) is 8.78 Å². The molecule has 16 heavy (non-hydrogen) atoms. The van der Waals surface area contributed by atoms with Crippen molar-refractivity contribution in [3.63, 3.8) is 0 Å². The van der Waals surface area contributed by atoms with E-state index in [1.54, 1.807) is 20.8 Å². The fourth-order valence-corrected chi connectivity index (χ4v) is 1.71. The summed E-state index contributed by atoms with van der Waals surface area (Å²) in [7, 11) is 0. The highest BCUT2D eigenvalue weighted by molar-refractivity contribution is 5.70. The van der Waals surface area contributed by atoms with E-state index in [9.17, 15) is 13.6 Å². The lowest BCUT2D eigenvalue weighted by molar-refractivity contribution is -0.155. The Morgan fingerprint density at radius 3 is 2.25 bits per heavy atom. The topological polar surface area (TPSA) is 52.3 Å². The van der Waals surface area contributed by atoms with Gasteiger partial charge in [-0.1, -0.05) is 0 Å². The van der Waals surface area contributed by atoms with Gasteiger partial charge in [0.2, 0.25) is 0 Å². The Hall–Kier alpha value is -0.710. The van der Waals surface area contributed by atoms with E-state index >= 15 is 0 Å². The van der Waals surface area contributed by atoms with Gasteiger partial charge in [0.1, 0.15) is 5.60 Å². The second kappa shape index (κ2) is 3.95. The number of esters is 1. The van der Waals surface area contributed by atoms with E-state index in [4.69, 9.17) is 10.5 Å². The Morgan fingerprint density at radius 2 is 1.94 bits per heavy atom. The minimum absolute atomic E-state index is 0.00403. The normalized spacial score (nSPS) is 27.6. The largest absolute Gasteiger partial charge is 0.460 e. The molecule has 0 radical (unpaired) electrons. The van der Waals surface area contributed by atoms with Gasteiger partial charge in [-0.25, -0.2) is 8.78 Å². The molecule has 2 N–H and O–H groups in total. The fraction of sp³-hybridized carbons (Fsp3) is 0.909. The van der Waals surface area contributed by atoms with Gasteiger partial charge in [-0.3, -0.25) is 4.79 Å². The second-order valence-electron chi connectivity index (χ2n) is 5.45. The van der Waals surface area contributed by atoms with E-state index in [0.717, 1.165) is 0 Å². The fourth-order valence-electron chi connectivity index (χ4n) is 1.71. The standard InChI is InChI=1S/C11H19F2NO2/c1-9(2,3)16-8(15)4-5-10(7-14)6-11(10,12)13/h4-7,14H2,1-3H3. The molecule has 1 aliphatic rings. The van der Waals surface area contributed by atoms with Gasteiger partial charge in [-0.15, -0.1) is 0 Å². The first-order chi connectivity index (χ1) is 7.12. The van der Waals surface area contributed by atoms with Crippen LogP contribution in [0.25, 0.3) is 0 Å². The summed E-state index contributed by atoms with van der Waals surface area (Å²) in [5, 5.41) is 0. The highest BCUT2D eigenvalue weighted by Gasteiger charge is 2.69. The number of rotatable bonds is 4. The lowest BCUT2D eigenvalue weighted by atomic mass is 9.99. The van der Waals surface area contributed by atoms with Crippen molar-refractivity contribution in [1.82, 2.24) is 0 Å². The van der Waals surface area contributed by atoms with Crippen molar-refractivity contribution in [1.29, 1.82) is 0 Å². The third-order valence-electron chi connectivity index (χ3n) is 2.83. The van der Waals surface area contributed by atoms with E-state index in [1.165, 1.54) is 0 Å². The van der Waals surface area contributed by atoms with Crippen LogP contribution < -0.4 is 5.73 Å². The van der Waals surface area contributed by atoms with Crippen molar-refractivity contribution in [2.75, 3.05) is 6.54 Å². The Kier molecular flexibility index (Phi) is 3.29. The Bertz CT molecular complexity index is 286. The number of nitrogens with two attached hydrogens (primary N) is 1. The van der Waals surface area contributed by atoms with Crippen LogP contribution in [0.15, 0.2) is 0 Å². The van der Waals surface area contributed by atoms with Gasteiger partial charge in [0.15, 0.2) is 0 Å². The molecule has 1 saturated carbocycles. The van der Waals surface area contributed by atoms with E-state index < -0.39 is 22.9 Å². The maximum absolute atomic E-state index is 13.0. The number of ether oxygens (including phenoxy) is 1. The highest BCUT2D eigenvalue weighted by Crippen LogP contribution is 2.62. The van der Waals surface area contributed by atoms with Gasteiger partial charge in [-0.2, -0.15) is 0 Å². The molecule has 0 aromatic carbocycles. The number of hydrogen-bond donors (Lipinski definition) is 1. The molecule has 3 nitrogen and oxygen atoms in total. The van der Waals surface area contributed by atoms with Gasteiger partial charge in [0.05, 0.1) is 5.41 Å². The average Bonchev–Trinajstić information content (AvgIpc) is 2.63. The molecule has 1 unspecified atom stereocenters. The maximum Gasteiger partial charge on any atom is 0.306 e. The van der Waals surface area contributed by atoms with Crippen LogP contribution in [0.3, 0.4) is 0 Å². The van der Waals surface area contributed by atoms with E-state index in [0.29, 0.717) is 0 Å². The van der Waals surface area contributed by atoms with Gasteiger partial charge in [0, 0.05) is 19.4 Å². The summed E-state index contributed by atoms with van der Waals surface area (Å²) in [5.74, 6) is -3.15. The molecule has 0 heterocycles. The number of carbonyl (C=O) groups excluding carboxylic acids is 1. The molecule has 94 valence electrons. The van der Waals surface area contributed by atoms with Crippen LogP contribution in [0.2, 0.25) is 0 Å². The summed E-state index contributed by atoms with van der Waals surface area (Å²) in [5.41, 5.74) is 3.59. The molecule has 0 spiro atoms. The molecule has 1 rings (SSSR count). The Morgan fingerprint density at radius 1 is 1.44 bits per heavy atom. The van der Waals surface area contributed by atoms with E-state index in [1.807, 2.05) is 0 Å². The molecule has 1 aliphatic carbocycles. The SMILES string of the molecule is CC(C)(C)OC(=O)CCC1(CN)CC1(F)F.